The van der Waals surface area contributed by atoms with Gasteiger partial charge in [-0.15, -0.1) is 0 Å². The molecule has 2 aromatic heterocycles. The van der Waals surface area contributed by atoms with Crippen LogP contribution in [-0.2, 0) is 11.3 Å². The van der Waals surface area contributed by atoms with Gasteiger partial charge in [0, 0.05) is 61.8 Å². The normalized spacial score (nSPS) is 14.1. The number of piperazine rings is 1. The molecule has 0 spiro atoms. The Morgan fingerprint density at radius 1 is 1.11 bits per heavy atom. The number of ether oxygens (including phenoxy) is 2. The highest BCUT2D eigenvalue weighted by atomic mass is 35.5. The van der Waals surface area contributed by atoms with Crippen LogP contribution in [0.1, 0.15) is 16.1 Å². The van der Waals surface area contributed by atoms with E-state index in [1.807, 2.05) is 30.3 Å². The van der Waals surface area contributed by atoms with Crippen LogP contribution >= 0.6 is 11.6 Å². The summed E-state index contributed by atoms with van der Waals surface area (Å²) in [6, 6.07) is 14.7. The second-order valence-electron chi connectivity index (χ2n) is 8.19. The number of benzene rings is 2. The maximum Gasteiger partial charge on any atom is 0.356 e. The van der Waals surface area contributed by atoms with Crippen LogP contribution in [0, 0.1) is 0 Å². The van der Waals surface area contributed by atoms with E-state index in [1.54, 1.807) is 6.07 Å². The molecule has 0 aliphatic carbocycles. The third-order valence-corrected chi connectivity index (χ3v) is 6.10. The lowest BCUT2D eigenvalue weighted by Crippen LogP contribution is -2.42. The number of imidazole rings is 1. The highest BCUT2D eigenvalue weighted by Crippen LogP contribution is 2.28. The van der Waals surface area contributed by atoms with Crippen molar-refractivity contribution in [3.8, 4) is 11.5 Å². The Hall–Kier alpha value is -3.66. The monoisotopic (exact) mass is 492 g/mol. The van der Waals surface area contributed by atoms with E-state index < -0.39 is 5.97 Å². The Balaban J connectivity index is 1.31. The van der Waals surface area contributed by atoms with Crippen molar-refractivity contribution in [3.63, 3.8) is 0 Å². The molecule has 0 amide bonds. The average Bonchev–Trinajstić information content (AvgIpc) is 3.28. The first kappa shape index (κ1) is 23.1. The maximum atomic E-state index is 11.7. The van der Waals surface area contributed by atoms with Crippen LogP contribution in [0.4, 0.5) is 11.6 Å². The SMILES string of the molecule is COC(=O)c1cc(Oc2ccc3[nH]c(Nc4ccc(Cl)c(CN5CCNCC5)c4)nc3c2)ccn1. The number of H-pyrrole nitrogens is 1. The Bertz CT molecular complexity index is 1350. The van der Waals surface area contributed by atoms with Crippen LogP contribution < -0.4 is 15.4 Å². The van der Waals surface area contributed by atoms with Crippen LogP contribution in [-0.4, -0.2) is 59.1 Å². The zero-order valence-corrected chi connectivity index (χ0v) is 19.9. The van der Waals surface area contributed by atoms with Crippen molar-refractivity contribution in [3.05, 3.63) is 71.0 Å². The van der Waals surface area contributed by atoms with Gasteiger partial charge in [-0.05, 0) is 42.0 Å². The second-order valence-corrected chi connectivity index (χ2v) is 8.60. The summed E-state index contributed by atoms with van der Waals surface area (Å²) in [5.74, 6) is 1.16. The number of anilines is 2. The zero-order chi connectivity index (χ0) is 24.2. The molecule has 1 fully saturated rings. The number of carbonyl (C=O) groups is 1. The third-order valence-electron chi connectivity index (χ3n) is 5.73. The second kappa shape index (κ2) is 10.3. The molecule has 0 unspecified atom stereocenters. The summed E-state index contributed by atoms with van der Waals surface area (Å²) in [7, 11) is 1.31. The first-order valence-electron chi connectivity index (χ1n) is 11.3. The van der Waals surface area contributed by atoms with Crippen molar-refractivity contribution in [2.45, 2.75) is 6.54 Å². The molecular formula is C25H25ClN6O3. The van der Waals surface area contributed by atoms with Crippen LogP contribution in [0.2, 0.25) is 5.02 Å². The molecule has 9 nitrogen and oxygen atoms in total. The minimum Gasteiger partial charge on any atom is -0.464 e. The lowest BCUT2D eigenvalue weighted by Gasteiger charge is -2.27. The summed E-state index contributed by atoms with van der Waals surface area (Å²) < 4.78 is 10.6. The number of rotatable bonds is 7. The molecule has 2 aromatic carbocycles. The van der Waals surface area contributed by atoms with Crippen LogP contribution in [0.5, 0.6) is 11.5 Å². The minimum absolute atomic E-state index is 0.177. The van der Waals surface area contributed by atoms with E-state index in [0.717, 1.165) is 60.0 Å². The van der Waals surface area contributed by atoms with E-state index >= 15 is 0 Å². The van der Waals surface area contributed by atoms with E-state index in [-0.39, 0.29) is 5.69 Å². The maximum absolute atomic E-state index is 11.7. The van der Waals surface area contributed by atoms with Crippen LogP contribution in [0.25, 0.3) is 11.0 Å². The van der Waals surface area contributed by atoms with Crippen molar-refractivity contribution in [2.24, 2.45) is 0 Å². The molecule has 35 heavy (non-hydrogen) atoms. The van der Waals surface area contributed by atoms with Gasteiger partial charge in [-0.25, -0.2) is 14.8 Å². The smallest absolute Gasteiger partial charge is 0.356 e. The third kappa shape index (κ3) is 5.54. The Labute approximate surface area is 207 Å². The Kier molecular flexibility index (Phi) is 6.80. The lowest BCUT2D eigenvalue weighted by molar-refractivity contribution is 0.0593. The van der Waals surface area contributed by atoms with Gasteiger partial charge in [0.2, 0.25) is 5.95 Å². The van der Waals surface area contributed by atoms with Crippen molar-refractivity contribution in [2.75, 3.05) is 38.6 Å². The van der Waals surface area contributed by atoms with E-state index in [9.17, 15) is 4.79 Å². The molecule has 180 valence electrons. The number of aromatic amines is 1. The van der Waals surface area contributed by atoms with Crippen molar-refractivity contribution >= 4 is 40.2 Å². The molecule has 1 saturated heterocycles. The van der Waals surface area contributed by atoms with Crippen LogP contribution in [0.3, 0.4) is 0 Å². The van der Waals surface area contributed by atoms with Gasteiger partial charge in [-0.1, -0.05) is 11.6 Å². The first-order chi connectivity index (χ1) is 17.1. The van der Waals surface area contributed by atoms with E-state index in [0.29, 0.717) is 17.4 Å². The Morgan fingerprint density at radius 2 is 1.94 bits per heavy atom. The first-order valence-corrected chi connectivity index (χ1v) is 11.7. The summed E-state index contributed by atoms with van der Waals surface area (Å²) in [6.45, 7) is 4.81. The number of pyridine rings is 1. The molecule has 1 aliphatic heterocycles. The number of nitrogens with one attached hydrogen (secondary N) is 3. The molecule has 1 aliphatic rings. The van der Waals surface area contributed by atoms with Gasteiger partial charge in [0.15, 0.2) is 5.69 Å². The molecular weight excluding hydrogens is 468 g/mol. The number of aromatic nitrogens is 3. The van der Waals surface area contributed by atoms with Gasteiger partial charge >= 0.3 is 5.97 Å². The number of hydrogen-bond acceptors (Lipinski definition) is 8. The summed E-state index contributed by atoms with van der Waals surface area (Å²) in [5.41, 5.74) is 3.76. The molecule has 0 saturated carbocycles. The van der Waals surface area contributed by atoms with Gasteiger partial charge in [0.25, 0.3) is 0 Å². The molecule has 0 bridgehead atoms. The molecule has 0 radical (unpaired) electrons. The minimum atomic E-state index is -0.521. The fraction of sp³-hybridized carbons (Fsp3) is 0.240. The highest BCUT2D eigenvalue weighted by molar-refractivity contribution is 6.31. The lowest BCUT2D eigenvalue weighted by atomic mass is 10.1. The molecule has 3 heterocycles. The fourth-order valence-electron chi connectivity index (χ4n) is 3.96. The number of nitrogens with zero attached hydrogens (tertiary/aromatic N) is 3. The quantitative estimate of drug-likeness (QED) is 0.327. The van der Waals surface area contributed by atoms with Crippen molar-refractivity contribution in [1.82, 2.24) is 25.2 Å². The fourth-order valence-corrected chi connectivity index (χ4v) is 4.13. The van der Waals surface area contributed by atoms with E-state index in [2.05, 4.69) is 36.6 Å². The summed E-state index contributed by atoms with van der Waals surface area (Å²) in [4.78, 5) is 26.0. The average molecular weight is 493 g/mol. The van der Waals surface area contributed by atoms with Gasteiger partial charge < -0.3 is 25.1 Å². The molecule has 10 heteroatoms. The highest BCUT2D eigenvalue weighted by Gasteiger charge is 2.13. The largest absolute Gasteiger partial charge is 0.464 e. The number of fused-ring (bicyclic) bond motifs is 1. The summed E-state index contributed by atoms with van der Waals surface area (Å²) >= 11 is 6.46. The van der Waals surface area contributed by atoms with Gasteiger partial charge in [-0.3, -0.25) is 4.90 Å². The van der Waals surface area contributed by atoms with E-state index in [1.165, 1.54) is 19.4 Å². The number of carbonyl (C=O) groups excluding carboxylic acids is 1. The van der Waals surface area contributed by atoms with Crippen molar-refractivity contribution < 1.29 is 14.3 Å². The number of esters is 1. The summed E-state index contributed by atoms with van der Waals surface area (Å²) in [5, 5.41) is 7.46. The van der Waals surface area contributed by atoms with Gasteiger partial charge in [0.05, 0.1) is 18.1 Å². The number of hydrogen-bond donors (Lipinski definition) is 3. The van der Waals surface area contributed by atoms with E-state index in [4.69, 9.17) is 21.1 Å². The van der Waals surface area contributed by atoms with Gasteiger partial charge in [-0.2, -0.15) is 0 Å². The zero-order valence-electron chi connectivity index (χ0n) is 19.2. The number of halogens is 1. The molecule has 5 rings (SSSR count). The number of methoxy groups -OCH3 is 1. The molecule has 3 N–H and O–H groups in total. The van der Waals surface area contributed by atoms with Gasteiger partial charge in [0.1, 0.15) is 11.5 Å². The summed E-state index contributed by atoms with van der Waals surface area (Å²) in [6.07, 6.45) is 1.50. The predicted octanol–water partition coefficient (Wildman–Crippen LogP) is 4.34. The predicted molar refractivity (Wildman–Crippen MR) is 135 cm³/mol. The van der Waals surface area contributed by atoms with Crippen molar-refractivity contribution in [1.29, 1.82) is 0 Å². The standard InChI is InChI=1S/C25H25ClN6O3/c1-34-24(33)23-14-19(6-7-28-23)35-18-3-5-21-22(13-18)31-25(30-21)29-17-2-4-20(26)16(12-17)15-32-10-8-27-9-11-32/h2-7,12-14,27H,8-11,15H2,1H3,(H2,29,30,31). The Morgan fingerprint density at radius 3 is 2.77 bits per heavy atom. The topological polar surface area (TPSA) is 104 Å². The molecule has 4 aromatic rings. The molecule has 0 atom stereocenters. The van der Waals surface area contributed by atoms with Crippen LogP contribution in [0.15, 0.2) is 54.7 Å².